The van der Waals surface area contributed by atoms with E-state index in [9.17, 15) is 9.59 Å². The third kappa shape index (κ3) is 4.32. The van der Waals surface area contributed by atoms with Crippen LogP contribution in [0.15, 0.2) is 59.4 Å². The van der Waals surface area contributed by atoms with Gasteiger partial charge in [-0.3, -0.25) is 14.5 Å². The number of aromatic nitrogens is 1. The van der Waals surface area contributed by atoms with Crippen LogP contribution in [0.4, 0.5) is 0 Å². The molecule has 1 aliphatic heterocycles. The summed E-state index contributed by atoms with van der Waals surface area (Å²) in [5.74, 6) is 0.782. The number of hydrogen-bond acceptors (Lipinski definition) is 4. The molecule has 0 bridgehead atoms. The maximum atomic E-state index is 13.2. The van der Waals surface area contributed by atoms with E-state index in [4.69, 9.17) is 4.74 Å². The van der Waals surface area contributed by atoms with E-state index in [0.29, 0.717) is 24.2 Å². The van der Waals surface area contributed by atoms with Crippen LogP contribution in [-0.4, -0.2) is 54.0 Å². The van der Waals surface area contributed by atoms with Crippen molar-refractivity contribution < 1.29 is 9.53 Å². The van der Waals surface area contributed by atoms with Crippen LogP contribution in [0, 0.1) is 0 Å². The molecule has 6 nitrogen and oxygen atoms in total. The summed E-state index contributed by atoms with van der Waals surface area (Å²) in [7, 11) is 1.67. The molecule has 4 rings (SSSR count). The Kier molecular flexibility index (Phi) is 5.62. The van der Waals surface area contributed by atoms with Crippen LogP contribution in [0.2, 0.25) is 0 Å². The molecule has 0 aliphatic carbocycles. The number of para-hydroxylation sites is 1. The SMILES string of the molecule is COc1ccc(CN2CCCN(C(=O)c3cc(=O)[nH]c4ccccc34)CC2)cc1. The highest BCUT2D eigenvalue weighted by Gasteiger charge is 2.22. The molecule has 150 valence electrons. The summed E-state index contributed by atoms with van der Waals surface area (Å²) in [4.78, 5) is 32.2. The molecule has 1 amide bonds. The second-order valence-corrected chi connectivity index (χ2v) is 7.36. The third-order valence-corrected chi connectivity index (χ3v) is 5.42. The number of carbonyl (C=O) groups excluding carboxylic acids is 1. The highest BCUT2D eigenvalue weighted by Crippen LogP contribution is 2.19. The predicted molar refractivity (Wildman–Crippen MR) is 113 cm³/mol. The average Bonchev–Trinajstić information content (AvgIpc) is 2.99. The molecule has 1 aromatic heterocycles. The van der Waals surface area contributed by atoms with Gasteiger partial charge < -0.3 is 14.6 Å². The number of H-pyrrole nitrogens is 1. The number of carbonyl (C=O) groups is 1. The Morgan fingerprint density at radius 2 is 1.83 bits per heavy atom. The zero-order valence-corrected chi connectivity index (χ0v) is 16.6. The first kappa shape index (κ1) is 19.2. The van der Waals surface area contributed by atoms with Crippen molar-refractivity contribution in [2.45, 2.75) is 13.0 Å². The Morgan fingerprint density at radius 1 is 1.03 bits per heavy atom. The molecule has 1 N–H and O–H groups in total. The number of fused-ring (bicyclic) bond motifs is 1. The minimum atomic E-state index is -0.247. The number of rotatable bonds is 4. The lowest BCUT2D eigenvalue weighted by Crippen LogP contribution is -2.35. The second-order valence-electron chi connectivity index (χ2n) is 7.36. The fraction of sp³-hybridized carbons (Fsp3) is 0.304. The van der Waals surface area contributed by atoms with Crippen LogP contribution in [0.3, 0.4) is 0 Å². The van der Waals surface area contributed by atoms with Crippen LogP contribution >= 0.6 is 0 Å². The van der Waals surface area contributed by atoms with Gasteiger partial charge in [0.2, 0.25) is 5.56 Å². The molecule has 0 saturated carbocycles. The van der Waals surface area contributed by atoms with E-state index < -0.39 is 0 Å². The molecule has 0 radical (unpaired) electrons. The van der Waals surface area contributed by atoms with Crippen molar-refractivity contribution in [2.75, 3.05) is 33.3 Å². The molecule has 1 fully saturated rings. The van der Waals surface area contributed by atoms with E-state index in [-0.39, 0.29) is 11.5 Å². The van der Waals surface area contributed by atoms with Crippen molar-refractivity contribution in [1.29, 1.82) is 0 Å². The Labute approximate surface area is 169 Å². The van der Waals surface area contributed by atoms with E-state index in [1.165, 1.54) is 11.6 Å². The van der Waals surface area contributed by atoms with Crippen molar-refractivity contribution in [3.8, 4) is 5.75 Å². The minimum absolute atomic E-state index is 0.0707. The predicted octanol–water partition coefficient (Wildman–Crippen LogP) is 2.88. The smallest absolute Gasteiger partial charge is 0.254 e. The number of ether oxygens (including phenoxy) is 1. The van der Waals surface area contributed by atoms with E-state index in [1.54, 1.807) is 7.11 Å². The molecule has 0 atom stereocenters. The summed E-state index contributed by atoms with van der Waals surface area (Å²) >= 11 is 0. The summed E-state index contributed by atoms with van der Waals surface area (Å²) in [6.45, 7) is 3.93. The lowest BCUT2D eigenvalue weighted by Gasteiger charge is -2.22. The Hall–Kier alpha value is -3.12. The molecule has 0 spiro atoms. The summed E-state index contributed by atoms with van der Waals surface area (Å²) in [5.41, 5.74) is 2.15. The number of pyridine rings is 1. The van der Waals surface area contributed by atoms with Crippen molar-refractivity contribution in [3.05, 3.63) is 76.1 Å². The molecule has 2 aromatic carbocycles. The fourth-order valence-corrected chi connectivity index (χ4v) is 3.87. The molecule has 0 unspecified atom stereocenters. The highest BCUT2D eigenvalue weighted by molar-refractivity contribution is 6.05. The first-order valence-corrected chi connectivity index (χ1v) is 9.90. The van der Waals surface area contributed by atoms with Gasteiger partial charge in [-0.05, 0) is 30.2 Å². The second kappa shape index (κ2) is 8.49. The number of methoxy groups -OCH3 is 1. The molecular formula is C23H25N3O3. The Balaban J connectivity index is 1.47. The largest absolute Gasteiger partial charge is 0.497 e. The van der Waals surface area contributed by atoms with Gasteiger partial charge in [0.15, 0.2) is 0 Å². The summed E-state index contributed by atoms with van der Waals surface area (Å²) in [5, 5.41) is 0.788. The first-order chi connectivity index (χ1) is 14.1. The van der Waals surface area contributed by atoms with Gasteiger partial charge in [-0.25, -0.2) is 0 Å². The molecule has 29 heavy (non-hydrogen) atoms. The standard InChI is InChI=1S/C23H25N3O3/c1-29-18-9-7-17(8-10-18)16-25-11-4-12-26(14-13-25)23(28)20-15-22(27)24-21-6-3-2-5-19(20)21/h2-3,5-10,15H,4,11-14,16H2,1H3,(H,24,27). The molecule has 3 aromatic rings. The third-order valence-electron chi connectivity index (χ3n) is 5.42. The zero-order chi connectivity index (χ0) is 20.2. The van der Waals surface area contributed by atoms with E-state index in [2.05, 4.69) is 22.0 Å². The van der Waals surface area contributed by atoms with Crippen LogP contribution in [0.5, 0.6) is 5.75 Å². The number of nitrogens with one attached hydrogen (secondary N) is 1. The molecule has 6 heteroatoms. The average molecular weight is 391 g/mol. The van der Waals surface area contributed by atoms with Crippen molar-refractivity contribution in [3.63, 3.8) is 0 Å². The maximum absolute atomic E-state index is 13.2. The number of amides is 1. The first-order valence-electron chi connectivity index (χ1n) is 9.90. The van der Waals surface area contributed by atoms with Gasteiger partial charge in [0.25, 0.3) is 5.91 Å². The summed E-state index contributed by atoms with van der Waals surface area (Å²) < 4.78 is 5.22. The quantitative estimate of drug-likeness (QED) is 0.743. The molecule has 1 saturated heterocycles. The van der Waals surface area contributed by atoms with Crippen LogP contribution < -0.4 is 10.3 Å². The van der Waals surface area contributed by atoms with Crippen molar-refractivity contribution in [2.24, 2.45) is 0 Å². The lowest BCUT2D eigenvalue weighted by atomic mass is 10.1. The maximum Gasteiger partial charge on any atom is 0.254 e. The number of benzene rings is 2. The van der Waals surface area contributed by atoms with Gasteiger partial charge >= 0.3 is 0 Å². The van der Waals surface area contributed by atoms with Gasteiger partial charge in [-0.1, -0.05) is 30.3 Å². The van der Waals surface area contributed by atoms with Crippen molar-refractivity contribution in [1.82, 2.24) is 14.8 Å². The molecular weight excluding hydrogens is 366 g/mol. The van der Waals surface area contributed by atoms with Crippen LogP contribution in [0.1, 0.15) is 22.3 Å². The number of hydrogen-bond donors (Lipinski definition) is 1. The van der Waals surface area contributed by atoms with Crippen molar-refractivity contribution >= 4 is 16.8 Å². The van der Waals surface area contributed by atoms with E-state index in [1.807, 2.05) is 41.3 Å². The van der Waals surface area contributed by atoms with Gasteiger partial charge in [-0.2, -0.15) is 0 Å². The van der Waals surface area contributed by atoms with Crippen LogP contribution in [-0.2, 0) is 6.54 Å². The van der Waals surface area contributed by atoms with Gasteiger partial charge in [0.05, 0.1) is 12.7 Å². The minimum Gasteiger partial charge on any atom is -0.497 e. The lowest BCUT2D eigenvalue weighted by molar-refractivity contribution is 0.0763. The highest BCUT2D eigenvalue weighted by atomic mass is 16.5. The number of aromatic amines is 1. The van der Waals surface area contributed by atoms with Gasteiger partial charge in [-0.15, -0.1) is 0 Å². The zero-order valence-electron chi connectivity index (χ0n) is 16.6. The summed E-state index contributed by atoms with van der Waals surface area (Å²) in [6.07, 6.45) is 0.906. The van der Waals surface area contributed by atoms with E-state index in [0.717, 1.165) is 37.2 Å². The Bertz CT molecular complexity index is 1060. The fourth-order valence-electron chi connectivity index (χ4n) is 3.87. The van der Waals surface area contributed by atoms with Gasteiger partial charge in [0.1, 0.15) is 5.75 Å². The van der Waals surface area contributed by atoms with E-state index >= 15 is 0 Å². The number of nitrogens with zero attached hydrogens (tertiary/aromatic N) is 2. The molecule has 2 heterocycles. The monoisotopic (exact) mass is 391 g/mol. The van der Waals surface area contributed by atoms with Crippen LogP contribution in [0.25, 0.3) is 10.9 Å². The summed E-state index contributed by atoms with van der Waals surface area (Å²) in [6, 6.07) is 17.0. The molecule has 1 aliphatic rings. The normalized spacial score (nSPS) is 15.3. The Morgan fingerprint density at radius 3 is 2.62 bits per heavy atom. The van der Waals surface area contributed by atoms with Gasteiger partial charge in [0, 0.05) is 49.7 Å². The topological polar surface area (TPSA) is 65.6 Å².